The summed E-state index contributed by atoms with van der Waals surface area (Å²) < 4.78 is 10.0. The second-order valence-electron chi connectivity index (χ2n) is 7.26. The largest absolute Gasteiger partial charge is 0.496 e. The molecule has 5 heteroatoms. The number of esters is 1. The van der Waals surface area contributed by atoms with Crippen LogP contribution in [0.15, 0.2) is 48.5 Å². The molecule has 1 atom stereocenters. The SMILES string of the molecule is COC(=O)Cc1ccc(CC2CCN(C(=O)Cc3ccccc3OC)C2)cc1. The van der Waals surface area contributed by atoms with E-state index in [9.17, 15) is 9.59 Å². The van der Waals surface area contributed by atoms with Crippen LogP contribution in [0.1, 0.15) is 23.1 Å². The van der Waals surface area contributed by atoms with Crippen LogP contribution < -0.4 is 4.74 Å². The van der Waals surface area contributed by atoms with Crippen molar-refractivity contribution < 1.29 is 19.1 Å². The number of likely N-dealkylation sites (tertiary alicyclic amines) is 1. The molecule has 5 nitrogen and oxygen atoms in total. The molecule has 1 saturated heterocycles. The Bertz CT molecular complexity index is 816. The van der Waals surface area contributed by atoms with Gasteiger partial charge in [-0.25, -0.2) is 0 Å². The molecule has 0 N–H and O–H groups in total. The number of amides is 1. The van der Waals surface area contributed by atoms with Gasteiger partial charge in [0.1, 0.15) is 5.75 Å². The zero-order valence-electron chi connectivity index (χ0n) is 16.5. The van der Waals surface area contributed by atoms with Crippen molar-refractivity contribution in [3.05, 3.63) is 65.2 Å². The molecular weight excluding hydrogens is 354 g/mol. The van der Waals surface area contributed by atoms with Gasteiger partial charge in [-0.3, -0.25) is 9.59 Å². The minimum atomic E-state index is -0.229. The van der Waals surface area contributed by atoms with E-state index in [4.69, 9.17) is 9.47 Å². The monoisotopic (exact) mass is 381 g/mol. The minimum absolute atomic E-state index is 0.153. The molecule has 3 rings (SSSR count). The first-order chi connectivity index (χ1) is 13.6. The van der Waals surface area contributed by atoms with Gasteiger partial charge < -0.3 is 14.4 Å². The Balaban J connectivity index is 1.52. The smallest absolute Gasteiger partial charge is 0.309 e. The second-order valence-corrected chi connectivity index (χ2v) is 7.26. The molecule has 1 aliphatic rings. The fraction of sp³-hybridized carbons (Fsp3) is 0.391. The molecule has 1 fully saturated rings. The first kappa shape index (κ1) is 19.9. The zero-order chi connectivity index (χ0) is 19.9. The third kappa shape index (κ3) is 5.12. The van der Waals surface area contributed by atoms with Gasteiger partial charge in [-0.15, -0.1) is 0 Å². The van der Waals surface area contributed by atoms with Gasteiger partial charge in [-0.2, -0.15) is 0 Å². The number of para-hydroxylation sites is 1. The number of nitrogens with zero attached hydrogens (tertiary/aromatic N) is 1. The lowest BCUT2D eigenvalue weighted by Gasteiger charge is -2.17. The molecule has 28 heavy (non-hydrogen) atoms. The average Bonchev–Trinajstić information content (AvgIpc) is 3.18. The number of ether oxygens (including phenoxy) is 2. The van der Waals surface area contributed by atoms with E-state index < -0.39 is 0 Å². The fourth-order valence-electron chi connectivity index (χ4n) is 3.71. The lowest BCUT2D eigenvalue weighted by atomic mass is 9.97. The summed E-state index contributed by atoms with van der Waals surface area (Å²) in [7, 11) is 3.03. The Morgan fingerprint density at radius 3 is 2.43 bits per heavy atom. The normalized spacial score (nSPS) is 16.1. The van der Waals surface area contributed by atoms with Gasteiger partial charge in [0, 0.05) is 18.7 Å². The van der Waals surface area contributed by atoms with E-state index in [1.165, 1.54) is 12.7 Å². The highest BCUT2D eigenvalue weighted by Crippen LogP contribution is 2.24. The maximum Gasteiger partial charge on any atom is 0.309 e. The summed E-state index contributed by atoms with van der Waals surface area (Å²) in [5, 5.41) is 0. The molecule has 0 aromatic heterocycles. The topological polar surface area (TPSA) is 55.8 Å². The Hall–Kier alpha value is -2.82. The van der Waals surface area contributed by atoms with Crippen LogP contribution in [0.2, 0.25) is 0 Å². The molecule has 1 aliphatic heterocycles. The van der Waals surface area contributed by atoms with Crippen LogP contribution in [0.25, 0.3) is 0 Å². The molecule has 1 unspecified atom stereocenters. The molecule has 0 saturated carbocycles. The Morgan fingerprint density at radius 1 is 1.00 bits per heavy atom. The summed E-state index contributed by atoms with van der Waals surface area (Å²) in [6.07, 6.45) is 2.63. The molecule has 1 amide bonds. The number of carbonyl (C=O) groups excluding carboxylic acids is 2. The van der Waals surface area contributed by atoms with Crippen LogP contribution in [0.3, 0.4) is 0 Å². The van der Waals surface area contributed by atoms with Gasteiger partial charge >= 0.3 is 5.97 Å². The van der Waals surface area contributed by atoms with E-state index in [0.29, 0.717) is 18.8 Å². The van der Waals surface area contributed by atoms with Gasteiger partial charge in [0.2, 0.25) is 5.91 Å². The minimum Gasteiger partial charge on any atom is -0.496 e. The van der Waals surface area contributed by atoms with Crippen molar-refractivity contribution in [3.8, 4) is 5.75 Å². The summed E-state index contributed by atoms with van der Waals surface area (Å²) in [5.74, 6) is 1.15. The summed E-state index contributed by atoms with van der Waals surface area (Å²) in [5.41, 5.74) is 3.12. The number of hydrogen-bond donors (Lipinski definition) is 0. The van der Waals surface area contributed by atoms with E-state index in [1.807, 2.05) is 41.3 Å². The van der Waals surface area contributed by atoms with Crippen molar-refractivity contribution in [1.82, 2.24) is 4.90 Å². The van der Waals surface area contributed by atoms with Crippen LogP contribution in [-0.4, -0.2) is 44.1 Å². The van der Waals surface area contributed by atoms with Crippen LogP contribution in [-0.2, 0) is 33.6 Å². The summed E-state index contributed by atoms with van der Waals surface area (Å²) >= 11 is 0. The van der Waals surface area contributed by atoms with Crippen molar-refractivity contribution >= 4 is 11.9 Å². The number of hydrogen-bond acceptors (Lipinski definition) is 4. The Morgan fingerprint density at radius 2 is 1.71 bits per heavy atom. The van der Waals surface area contributed by atoms with Crippen molar-refractivity contribution in [3.63, 3.8) is 0 Å². The van der Waals surface area contributed by atoms with Gasteiger partial charge in [0.15, 0.2) is 0 Å². The third-order valence-corrected chi connectivity index (χ3v) is 5.30. The summed E-state index contributed by atoms with van der Waals surface area (Å²) in [4.78, 5) is 26.0. The fourth-order valence-corrected chi connectivity index (χ4v) is 3.71. The maximum atomic E-state index is 12.7. The van der Waals surface area contributed by atoms with Crippen molar-refractivity contribution in [1.29, 1.82) is 0 Å². The predicted octanol–water partition coefficient (Wildman–Crippen LogP) is 3.04. The van der Waals surface area contributed by atoms with Gasteiger partial charge in [-0.1, -0.05) is 42.5 Å². The maximum absolute atomic E-state index is 12.7. The van der Waals surface area contributed by atoms with E-state index >= 15 is 0 Å². The molecule has 0 spiro atoms. The van der Waals surface area contributed by atoms with Crippen LogP contribution >= 0.6 is 0 Å². The quantitative estimate of drug-likeness (QED) is 0.692. The van der Waals surface area contributed by atoms with Gasteiger partial charge in [0.05, 0.1) is 27.1 Å². The number of rotatable bonds is 7. The van der Waals surface area contributed by atoms with Gasteiger partial charge in [-0.05, 0) is 36.0 Å². The highest BCUT2D eigenvalue weighted by molar-refractivity contribution is 5.79. The molecule has 0 radical (unpaired) electrons. The van der Waals surface area contributed by atoms with Crippen molar-refractivity contribution in [2.45, 2.75) is 25.7 Å². The zero-order valence-corrected chi connectivity index (χ0v) is 16.5. The third-order valence-electron chi connectivity index (χ3n) is 5.30. The lowest BCUT2D eigenvalue weighted by Crippen LogP contribution is -2.30. The first-order valence-electron chi connectivity index (χ1n) is 9.63. The highest BCUT2D eigenvalue weighted by atomic mass is 16.5. The molecule has 0 aliphatic carbocycles. The van der Waals surface area contributed by atoms with Crippen LogP contribution in [0, 0.1) is 5.92 Å². The molecule has 148 valence electrons. The Labute approximate surface area is 166 Å². The number of methoxy groups -OCH3 is 2. The lowest BCUT2D eigenvalue weighted by molar-refractivity contribution is -0.139. The highest BCUT2D eigenvalue weighted by Gasteiger charge is 2.26. The number of carbonyl (C=O) groups is 2. The van der Waals surface area contributed by atoms with E-state index in [-0.39, 0.29) is 11.9 Å². The second kappa shape index (κ2) is 9.40. The summed E-state index contributed by atoms with van der Waals surface area (Å²) in [6, 6.07) is 15.8. The van der Waals surface area contributed by atoms with Crippen molar-refractivity contribution in [2.24, 2.45) is 5.92 Å². The first-order valence-corrected chi connectivity index (χ1v) is 9.63. The van der Waals surface area contributed by atoms with E-state index in [1.54, 1.807) is 7.11 Å². The standard InChI is InChI=1S/C23H27NO4/c1-27-21-6-4-3-5-20(21)15-22(25)24-12-11-19(16-24)13-17-7-9-18(10-8-17)14-23(26)28-2/h3-10,19H,11-16H2,1-2H3. The number of benzene rings is 2. The molecule has 2 aromatic carbocycles. The summed E-state index contributed by atoms with van der Waals surface area (Å²) in [6.45, 7) is 1.59. The van der Waals surface area contributed by atoms with E-state index in [0.717, 1.165) is 42.8 Å². The molecule has 2 aromatic rings. The Kier molecular flexibility index (Phi) is 6.69. The molecule has 0 bridgehead atoms. The van der Waals surface area contributed by atoms with E-state index in [2.05, 4.69) is 12.1 Å². The molecule has 1 heterocycles. The van der Waals surface area contributed by atoms with Crippen LogP contribution in [0.5, 0.6) is 5.75 Å². The van der Waals surface area contributed by atoms with Crippen molar-refractivity contribution in [2.75, 3.05) is 27.3 Å². The predicted molar refractivity (Wildman–Crippen MR) is 107 cm³/mol. The van der Waals surface area contributed by atoms with Crippen LogP contribution in [0.4, 0.5) is 0 Å². The molecular formula is C23H27NO4. The van der Waals surface area contributed by atoms with Gasteiger partial charge in [0.25, 0.3) is 0 Å². The average molecular weight is 381 g/mol.